The van der Waals surface area contributed by atoms with Gasteiger partial charge in [-0.05, 0) is 30.7 Å². The third kappa shape index (κ3) is 3.75. The summed E-state index contributed by atoms with van der Waals surface area (Å²) in [6.45, 7) is 1.64. The number of aromatic nitrogens is 1. The van der Waals surface area contributed by atoms with Crippen molar-refractivity contribution in [1.29, 1.82) is 0 Å². The highest BCUT2D eigenvalue weighted by Crippen LogP contribution is 2.22. The highest BCUT2D eigenvalue weighted by Gasteiger charge is 2.20. The van der Waals surface area contributed by atoms with E-state index in [0.29, 0.717) is 5.56 Å². The van der Waals surface area contributed by atoms with Gasteiger partial charge < -0.3 is 15.4 Å². The Bertz CT molecular complexity index is 623. The molecule has 0 saturated carbocycles. The molecular weight excluding hydrogens is 318 g/mol. The summed E-state index contributed by atoms with van der Waals surface area (Å²) in [5.41, 5.74) is 0.704. The summed E-state index contributed by atoms with van der Waals surface area (Å²) in [6.07, 6.45) is -0.963. The number of benzene rings is 1. The van der Waals surface area contributed by atoms with Gasteiger partial charge in [-0.15, -0.1) is 0 Å². The van der Waals surface area contributed by atoms with E-state index in [1.54, 1.807) is 6.92 Å². The van der Waals surface area contributed by atoms with Crippen molar-refractivity contribution in [1.82, 2.24) is 10.3 Å². The number of amides is 1. The Morgan fingerprint density at radius 2 is 1.95 bits per heavy atom. The van der Waals surface area contributed by atoms with Gasteiger partial charge in [0.15, 0.2) is 0 Å². The van der Waals surface area contributed by atoms with Crippen molar-refractivity contribution in [3.8, 4) is 0 Å². The van der Waals surface area contributed by atoms with E-state index in [9.17, 15) is 14.3 Å². The molecule has 0 aliphatic heterocycles. The number of carbonyl (C=O) groups excluding carboxylic acids is 1. The van der Waals surface area contributed by atoms with Crippen molar-refractivity contribution in [3.63, 3.8) is 0 Å². The minimum atomic E-state index is -0.963. The van der Waals surface area contributed by atoms with E-state index in [0.717, 1.165) is 0 Å². The monoisotopic (exact) mass is 330 g/mol. The van der Waals surface area contributed by atoms with Gasteiger partial charge in [-0.25, -0.2) is 4.39 Å². The highest BCUT2D eigenvalue weighted by molar-refractivity contribution is 6.41. The van der Waals surface area contributed by atoms with Gasteiger partial charge in [0.25, 0.3) is 5.91 Å². The fourth-order valence-electron chi connectivity index (χ4n) is 1.84. The second-order valence-corrected chi connectivity index (χ2v) is 5.39. The average molecular weight is 331 g/mol. The van der Waals surface area contributed by atoms with Gasteiger partial charge >= 0.3 is 0 Å². The summed E-state index contributed by atoms with van der Waals surface area (Å²) in [5, 5.41) is 13.2. The first-order valence-electron chi connectivity index (χ1n) is 6.17. The smallest absolute Gasteiger partial charge is 0.268 e. The lowest BCUT2D eigenvalue weighted by Gasteiger charge is -2.20. The first-order chi connectivity index (χ1) is 9.88. The van der Waals surface area contributed by atoms with Gasteiger partial charge in [0.1, 0.15) is 16.7 Å². The van der Waals surface area contributed by atoms with Crippen molar-refractivity contribution in [2.75, 3.05) is 0 Å². The molecule has 21 heavy (non-hydrogen) atoms. The molecule has 1 aromatic carbocycles. The molecule has 2 rings (SSSR count). The minimum Gasteiger partial charge on any atom is -0.386 e. The predicted molar refractivity (Wildman–Crippen MR) is 79.1 cm³/mol. The molecule has 1 amide bonds. The topological polar surface area (TPSA) is 65.1 Å². The molecule has 3 N–H and O–H groups in total. The maximum Gasteiger partial charge on any atom is 0.268 e. The second kappa shape index (κ2) is 6.47. The maximum absolute atomic E-state index is 12.8. The number of H-pyrrole nitrogens is 1. The first kappa shape index (κ1) is 15.8. The van der Waals surface area contributed by atoms with E-state index in [1.807, 2.05) is 0 Å². The molecule has 112 valence electrons. The Kier molecular flexibility index (Phi) is 4.88. The van der Waals surface area contributed by atoms with Gasteiger partial charge in [0.05, 0.1) is 17.2 Å². The summed E-state index contributed by atoms with van der Waals surface area (Å²) in [6, 6.07) is 6.24. The van der Waals surface area contributed by atoms with Crippen LogP contribution in [0.3, 0.4) is 0 Å². The Labute approximate surface area is 130 Å². The molecule has 0 aliphatic rings. The molecule has 4 nitrogen and oxygen atoms in total. The lowest BCUT2D eigenvalue weighted by Crippen LogP contribution is -2.37. The van der Waals surface area contributed by atoms with Crippen molar-refractivity contribution in [3.05, 3.63) is 57.6 Å². The van der Waals surface area contributed by atoms with E-state index in [-0.39, 0.29) is 15.9 Å². The summed E-state index contributed by atoms with van der Waals surface area (Å²) in [7, 11) is 0. The Hall–Kier alpha value is -1.56. The van der Waals surface area contributed by atoms with E-state index in [4.69, 9.17) is 23.2 Å². The Balaban J connectivity index is 2.04. The normalized spacial score (nSPS) is 13.8. The van der Waals surface area contributed by atoms with E-state index in [1.165, 1.54) is 30.3 Å². The van der Waals surface area contributed by atoms with Gasteiger partial charge in [-0.1, -0.05) is 35.3 Å². The summed E-state index contributed by atoms with van der Waals surface area (Å²) >= 11 is 11.5. The summed E-state index contributed by atoms with van der Waals surface area (Å²) in [5.74, 6) is -0.837. The number of rotatable bonds is 4. The van der Waals surface area contributed by atoms with Gasteiger partial charge in [0, 0.05) is 0 Å². The number of aliphatic hydroxyl groups is 1. The molecule has 0 saturated heterocycles. The summed E-state index contributed by atoms with van der Waals surface area (Å²) in [4.78, 5) is 14.6. The van der Waals surface area contributed by atoms with Gasteiger partial charge in [0.2, 0.25) is 0 Å². The highest BCUT2D eigenvalue weighted by atomic mass is 35.5. The number of nitrogens with one attached hydrogen (secondary N) is 2. The fraction of sp³-hybridized carbons (Fsp3) is 0.214. The van der Waals surface area contributed by atoms with Crippen molar-refractivity contribution in [2.24, 2.45) is 0 Å². The number of aliphatic hydroxyl groups excluding tert-OH is 1. The van der Waals surface area contributed by atoms with Crippen LogP contribution in [0.1, 0.15) is 29.1 Å². The van der Waals surface area contributed by atoms with Gasteiger partial charge in [-0.3, -0.25) is 4.79 Å². The van der Waals surface area contributed by atoms with Crippen LogP contribution in [-0.2, 0) is 0 Å². The number of hydrogen-bond acceptors (Lipinski definition) is 2. The SMILES string of the molecule is CC(NC(=O)c1cc(Cl)c(Cl)[nH]1)C(O)c1ccc(F)cc1. The number of halogens is 3. The molecule has 0 fully saturated rings. The molecule has 2 atom stereocenters. The number of aromatic amines is 1. The van der Waals surface area contributed by atoms with Crippen LogP contribution in [0.4, 0.5) is 4.39 Å². The zero-order chi connectivity index (χ0) is 15.6. The van der Waals surface area contributed by atoms with Crippen molar-refractivity contribution >= 4 is 29.1 Å². The molecule has 2 unspecified atom stereocenters. The predicted octanol–water partition coefficient (Wildman–Crippen LogP) is 3.31. The molecule has 2 aromatic rings. The van der Waals surface area contributed by atoms with E-state index >= 15 is 0 Å². The van der Waals surface area contributed by atoms with Crippen LogP contribution in [0, 0.1) is 5.82 Å². The number of carbonyl (C=O) groups is 1. The van der Waals surface area contributed by atoms with E-state index < -0.39 is 23.9 Å². The lowest BCUT2D eigenvalue weighted by atomic mass is 10.0. The molecule has 1 aromatic heterocycles. The van der Waals surface area contributed by atoms with Gasteiger partial charge in [-0.2, -0.15) is 0 Å². The van der Waals surface area contributed by atoms with Crippen LogP contribution < -0.4 is 5.32 Å². The summed E-state index contributed by atoms with van der Waals surface area (Å²) < 4.78 is 12.8. The Morgan fingerprint density at radius 1 is 1.33 bits per heavy atom. The van der Waals surface area contributed by atoms with Crippen LogP contribution in [0.15, 0.2) is 30.3 Å². The second-order valence-electron chi connectivity index (χ2n) is 4.60. The minimum absolute atomic E-state index is 0.175. The number of hydrogen-bond donors (Lipinski definition) is 3. The molecular formula is C14H13Cl2FN2O2. The third-order valence-electron chi connectivity index (χ3n) is 3.01. The molecule has 1 heterocycles. The molecule has 0 bridgehead atoms. The molecule has 0 spiro atoms. The Morgan fingerprint density at radius 3 is 2.48 bits per heavy atom. The van der Waals surface area contributed by atoms with E-state index in [2.05, 4.69) is 10.3 Å². The lowest BCUT2D eigenvalue weighted by molar-refractivity contribution is 0.0848. The van der Waals surface area contributed by atoms with Crippen LogP contribution in [0.2, 0.25) is 10.2 Å². The molecule has 0 radical (unpaired) electrons. The zero-order valence-electron chi connectivity index (χ0n) is 11.0. The standard InChI is InChI=1S/C14H13Cl2FN2O2/c1-7(12(20)8-2-4-9(17)5-3-8)18-14(21)11-6-10(15)13(16)19-11/h2-7,12,19-20H,1H3,(H,18,21). The average Bonchev–Trinajstić information content (AvgIpc) is 2.79. The molecule has 0 aliphatic carbocycles. The zero-order valence-corrected chi connectivity index (χ0v) is 12.5. The largest absolute Gasteiger partial charge is 0.386 e. The maximum atomic E-state index is 12.8. The fourth-order valence-corrected chi connectivity index (χ4v) is 2.15. The van der Waals surface area contributed by atoms with Crippen LogP contribution in [0.25, 0.3) is 0 Å². The van der Waals surface area contributed by atoms with Crippen molar-refractivity contribution < 1.29 is 14.3 Å². The van der Waals surface area contributed by atoms with Crippen LogP contribution in [-0.4, -0.2) is 22.0 Å². The third-order valence-corrected chi connectivity index (χ3v) is 3.71. The van der Waals surface area contributed by atoms with Crippen LogP contribution in [0.5, 0.6) is 0 Å². The molecule has 7 heteroatoms. The van der Waals surface area contributed by atoms with Crippen LogP contribution >= 0.6 is 23.2 Å². The van der Waals surface area contributed by atoms with Crippen molar-refractivity contribution in [2.45, 2.75) is 19.1 Å². The quantitative estimate of drug-likeness (QED) is 0.805. The first-order valence-corrected chi connectivity index (χ1v) is 6.92.